The number of hydrogen-bond acceptors (Lipinski definition) is 0. The molecule has 1 N–H and O–H groups in total. The average Bonchev–Trinajstić information content (AvgIpc) is 3.33. The number of rotatable bonds is 2. The van der Waals surface area contributed by atoms with Gasteiger partial charge in [0.1, 0.15) is 0 Å². The second-order valence-corrected chi connectivity index (χ2v) is 8.57. The lowest BCUT2D eigenvalue weighted by atomic mass is 9.74. The summed E-state index contributed by atoms with van der Waals surface area (Å²) in [6.45, 7) is 4.49. The second kappa shape index (κ2) is 6.21. The summed E-state index contributed by atoms with van der Waals surface area (Å²) in [6.07, 6.45) is 0. The van der Waals surface area contributed by atoms with Gasteiger partial charge >= 0.3 is 0 Å². The van der Waals surface area contributed by atoms with E-state index in [1.807, 2.05) is 0 Å². The van der Waals surface area contributed by atoms with E-state index in [4.69, 9.17) is 0 Å². The minimum atomic E-state index is -0.156. The first-order valence-corrected chi connectivity index (χ1v) is 10.5. The maximum atomic E-state index is 3.66. The highest BCUT2D eigenvalue weighted by Gasteiger charge is 2.40. The van der Waals surface area contributed by atoms with Gasteiger partial charge in [0.2, 0.25) is 0 Å². The van der Waals surface area contributed by atoms with Crippen LogP contribution in [0.2, 0.25) is 0 Å². The highest BCUT2D eigenvalue weighted by atomic mass is 14.7. The molecule has 1 aromatic heterocycles. The number of nitrogens with one attached hydrogen (secondary N) is 1. The second-order valence-electron chi connectivity index (χ2n) is 8.57. The summed E-state index contributed by atoms with van der Waals surface area (Å²) < 4.78 is 0. The van der Waals surface area contributed by atoms with Gasteiger partial charge in [0.15, 0.2) is 0 Å². The van der Waals surface area contributed by atoms with Gasteiger partial charge in [-0.3, -0.25) is 0 Å². The highest BCUT2D eigenvalue weighted by molar-refractivity contribution is 5.89. The fraction of sp³-hybridized carbons (Fsp3) is 0.103. The van der Waals surface area contributed by atoms with Crippen LogP contribution in [0.5, 0.6) is 0 Å². The predicted molar refractivity (Wildman–Crippen MR) is 126 cm³/mol. The molecule has 1 aliphatic carbocycles. The molecule has 1 aliphatic rings. The van der Waals surface area contributed by atoms with Gasteiger partial charge in [-0.1, -0.05) is 90.5 Å². The summed E-state index contributed by atoms with van der Waals surface area (Å²) in [4.78, 5) is 3.66. The van der Waals surface area contributed by atoms with Crippen molar-refractivity contribution >= 4 is 10.9 Å². The monoisotopic (exact) mass is 385 g/mol. The number of aromatic nitrogens is 1. The molecule has 0 unspecified atom stereocenters. The SMILES string of the molecule is Cc1ccc(-c2cc3ccc(C4(C)c5ccccc5-c5ccccc54)cc3[nH]2)cc1. The van der Waals surface area contributed by atoms with E-state index in [9.17, 15) is 0 Å². The Labute approximate surface area is 177 Å². The largest absolute Gasteiger partial charge is 0.355 e. The number of aryl methyl sites for hydroxylation is 1. The molecule has 5 aromatic rings. The van der Waals surface area contributed by atoms with Crippen molar-refractivity contribution < 1.29 is 0 Å². The smallest absolute Gasteiger partial charge is 0.0464 e. The predicted octanol–water partition coefficient (Wildman–Crippen LogP) is 7.48. The lowest BCUT2D eigenvalue weighted by Gasteiger charge is -2.28. The van der Waals surface area contributed by atoms with E-state index in [1.54, 1.807) is 0 Å². The summed E-state index contributed by atoms with van der Waals surface area (Å²) >= 11 is 0. The highest BCUT2D eigenvalue weighted by Crippen LogP contribution is 2.52. The third kappa shape index (κ3) is 2.35. The van der Waals surface area contributed by atoms with Crippen molar-refractivity contribution in [2.45, 2.75) is 19.3 Å². The molecule has 1 heteroatoms. The van der Waals surface area contributed by atoms with Crippen LogP contribution in [-0.4, -0.2) is 4.98 Å². The quantitative estimate of drug-likeness (QED) is 0.324. The van der Waals surface area contributed by atoms with Crippen molar-refractivity contribution in [2.24, 2.45) is 0 Å². The van der Waals surface area contributed by atoms with Crippen LogP contribution in [0.25, 0.3) is 33.3 Å². The lowest BCUT2D eigenvalue weighted by Crippen LogP contribution is -2.22. The number of aromatic amines is 1. The molecule has 0 aliphatic heterocycles. The molecule has 0 atom stereocenters. The van der Waals surface area contributed by atoms with Crippen molar-refractivity contribution in [3.63, 3.8) is 0 Å². The lowest BCUT2D eigenvalue weighted by molar-refractivity contribution is 0.715. The molecule has 1 heterocycles. The van der Waals surface area contributed by atoms with E-state index in [1.165, 1.54) is 55.5 Å². The summed E-state index contributed by atoms with van der Waals surface area (Å²) in [6, 6.07) is 35.5. The van der Waals surface area contributed by atoms with Crippen molar-refractivity contribution in [3.05, 3.63) is 119 Å². The van der Waals surface area contributed by atoms with Gasteiger partial charge < -0.3 is 4.98 Å². The Hall–Kier alpha value is -3.58. The van der Waals surface area contributed by atoms with E-state index in [-0.39, 0.29) is 5.41 Å². The van der Waals surface area contributed by atoms with Crippen LogP contribution in [-0.2, 0) is 5.41 Å². The fourth-order valence-corrected chi connectivity index (χ4v) is 5.09. The first-order chi connectivity index (χ1) is 14.6. The van der Waals surface area contributed by atoms with E-state index in [0.29, 0.717) is 0 Å². The van der Waals surface area contributed by atoms with Crippen LogP contribution in [0.15, 0.2) is 97.1 Å². The van der Waals surface area contributed by atoms with Gasteiger partial charge in [-0.2, -0.15) is 0 Å². The first-order valence-electron chi connectivity index (χ1n) is 10.5. The van der Waals surface area contributed by atoms with Crippen LogP contribution in [0.1, 0.15) is 29.2 Å². The Balaban J connectivity index is 1.54. The molecule has 0 radical (unpaired) electrons. The molecule has 144 valence electrons. The van der Waals surface area contributed by atoms with Gasteiger partial charge in [0.25, 0.3) is 0 Å². The van der Waals surface area contributed by atoms with Crippen LogP contribution in [0.3, 0.4) is 0 Å². The molecule has 4 aromatic carbocycles. The zero-order chi connectivity index (χ0) is 20.3. The van der Waals surface area contributed by atoms with Crippen molar-refractivity contribution in [2.75, 3.05) is 0 Å². The fourth-order valence-electron chi connectivity index (χ4n) is 5.09. The Bertz CT molecular complexity index is 1360. The zero-order valence-corrected chi connectivity index (χ0v) is 17.2. The molecule has 30 heavy (non-hydrogen) atoms. The van der Waals surface area contributed by atoms with Crippen LogP contribution >= 0.6 is 0 Å². The van der Waals surface area contributed by atoms with Gasteiger partial charge in [-0.25, -0.2) is 0 Å². The Kier molecular flexibility index (Phi) is 3.58. The molecule has 6 rings (SSSR count). The van der Waals surface area contributed by atoms with Crippen LogP contribution < -0.4 is 0 Å². The van der Waals surface area contributed by atoms with E-state index < -0.39 is 0 Å². The van der Waals surface area contributed by atoms with Gasteiger partial charge in [-0.05, 0) is 59.4 Å². The summed E-state index contributed by atoms with van der Waals surface area (Å²) in [7, 11) is 0. The van der Waals surface area contributed by atoms with Gasteiger partial charge in [0, 0.05) is 22.0 Å². The normalized spacial score (nSPS) is 13.9. The molecular weight excluding hydrogens is 362 g/mol. The third-order valence-electron chi connectivity index (χ3n) is 6.78. The molecule has 0 bridgehead atoms. The Morgan fingerprint density at radius 3 is 1.97 bits per heavy atom. The van der Waals surface area contributed by atoms with Crippen molar-refractivity contribution in [1.29, 1.82) is 0 Å². The number of hydrogen-bond donors (Lipinski definition) is 1. The minimum absolute atomic E-state index is 0.156. The number of benzene rings is 4. The topological polar surface area (TPSA) is 15.8 Å². The standard InChI is InChI=1S/C29H23N/c1-19-11-13-20(14-12-19)27-17-21-15-16-22(18-28(21)30-27)29(2)25-9-5-3-7-23(25)24-8-4-6-10-26(24)29/h3-18,30H,1-2H3. The van der Waals surface area contributed by atoms with Crippen molar-refractivity contribution in [1.82, 2.24) is 4.98 Å². The van der Waals surface area contributed by atoms with Crippen LogP contribution in [0, 0.1) is 6.92 Å². The molecule has 1 nitrogen and oxygen atoms in total. The number of fused-ring (bicyclic) bond motifs is 4. The zero-order valence-electron chi connectivity index (χ0n) is 17.2. The van der Waals surface area contributed by atoms with E-state index >= 15 is 0 Å². The van der Waals surface area contributed by atoms with Crippen LogP contribution in [0.4, 0.5) is 0 Å². The summed E-state index contributed by atoms with van der Waals surface area (Å²) in [5.41, 5.74) is 11.5. The Morgan fingerprint density at radius 2 is 1.30 bits per heavy atom. The van der Waals surface area contributed by atoms with Gasteiger partial charge in [-0.15, -0.1) is 0 Å². The summed E-state index contributed by atoms with van der Waals surface area (Å²) in [5.74, 6) is 0. The maximum Gasteiger partial charge on any atom is 0.0464 e. The average molecular weight is 386 g/mol. The molecule has 0 amide bonds. The third-order valence-corrected chi connectivity index (χ3v) is 6.78. The van der Waals surface area contributed by atoms with E-state index in [0.717, 1.165) is 0 Å². The Morgan fingerprint density at radius 1 is 0.667 bits per heavy atom. The van der Waals surface area contributed by atoms with Crippen molar-refractivity contribution in [3.8, 4) is 22.4 Å². The number of H-pyrrole nitrogens is 1. The molecule has 0 saturated heterocycles. The molecular formula is C29H23N. The molecule has 0 spiro atoms. The summed E-state index contributed by atoms with van der Waals surface area (Å²) in [5, 5.41) is 1.25. The van der Waals surface area contributed by atoms with Gasteiger partial charge in [0.05, 0.1) is 0 Å². The first kappa shape index (κ1) is 17.3. The maximum absolute atomic E-state index is 3.66. The molecule has 0 fully saturated rings. The molecule has 0 saturated carbocycles. The van der Waals surface area contributed by atoms with E-state index in [2.05, 4.69) is 116 Å². The minimum Gasteiger partial charge on any atom is -0.355 e.